The molecule has 39 heavy (non-hydrogen) atoms. The van der Waals surface area contributed by atoms with Gasteiger partial charge in [0.05, 0.1) is 25.1 Å². The van der Waals surface area contributed by atoms with Crippen LogP contribution >= 0.6 is 0 Å². The van der Waals surface area contributed by atoms with Gasteiger partial charge in [-0.1, -0.05) is 19.9 Å². The van der Waals surface area contributed by atoms with Crippen LogP contribution in [0.3, 0.4) is 0 Å². The Labute approximate surface area is 229 Å². The Morgan fingerprint density at radius 1 is 0.897 bits per heavy atom. The van der Waals surface area contributed by atoms with E-state index in [1.165, 1.54) is 6.92 Å². The predicted molar refractivity (Wildman–Crippen MR) is 150 cm³/mol. The van der Waals surface area contributed by atoms with E-state index in [-0.39, 0.29) is 24.2 Å². The Balaban J connectivity index is 1.49. The smallest absolute Gasteiger partial charge is 0.496 e. The molecule has 0 bridgehead atoms. The highest BCUT2D eigenvalue weighted by Gasteiger charge is 2.14. The number of hydrogen-bond donors (Lipinski definition) is 0. The number of nitrogens with zero attached hydrogens (tertiary/aromatic N) is 2. The average Bonchev–Trinajstić information content (AvgIpc) is 2.94. The summed E-state index contributed by atoms with van der Waals surface area (Å²) in [6.07, 6.45) is 1.51. The number of rotatable bonds is 13. The summed E-state index contributed by atoms with van der Waals surface area (Å²) in [5, 5.41) is 8.57. The number of allylic oxidation sites excluding steroid dienone is 1. The summed E-state index contributed by atoms with van der Waals surface area (Å²) in [7, 11) is 1.65. The van der Waals surface area contributed by atoms with E-state index in [2.05, 4.69) is 30.7 Å². The second kappa shape index (κ2) is 14.5. The van der Waals surface area contributed by atoms with E-state index in [9.17, 15) is 9.59 Å². The normalized spacial score (nSPS) is 11.7. The summed E-state index contributed by atoms with van der Waals surface area (Å²) >= 11 is 0. The molecule has 8 heteroatoms. The number of ether oxygens (including phenoxy) is 4. The third-order valence-corrected chi connectivity index (χ3v) is 5.84. The van der Waals surface area contributed by atoms with E-state index in [4.69, 9.17) is 18.9 Å². The van der Waals surface area contributed by atoms with Gasteiger partial charge in [-0.25, -0.2) is 4.79 Å². The van der Waals surface area contributed by atoms with E-state index < -0.39 is 6.16 Å². The first kappa shape index (κ1) is 29.1. The van der Waals surface area contributed by atoms with Crippen molar-refractivity contribution in [1.29, 1.82) is 0 Å². The zero-order valence-electron chi connectivity index (χ0n) is 22.8. The molecule has 0 N–H and O–H groups in total. The Kier molecular flexibility index (Phi) is 10.8. The Bertz CT molecular complexity index is 1280. The zero-order valence-corrected chi connectivity index (χ0v) is 22.8. The molecular weight excluding hydrogens is 496 g/mol. The first-order valence-corrected chi connectivity index (χ1v) is 12.7. The van der Waals surface area contributed by atoms with E-state index in [1.807, 2.05) is 18.2 Å². The quantitative estimate of drug-likeness (QED) is 0.0726. The van der Waals surface area contributed by atoms with Crippen LogP contribution in [0, 0.1) is 5.92 Å². The molecule has 3 aromatic rings. The van der Waals surface area contributed by atoms with Crippen molar-refractivity contribution in [3.05, 3.63) is 90.5 Å². The molecule has 0 radical (unpaired) electrons. The highest BCUT2D eigenvalue weighted by molar-refractivity contribution is 5.94. The van der Waals surface area contributed by atoms with Gasteiger partial charge < -0.3 is 18.9 Å². The number of carbonyl (C=O) groups excluding carboxylic acids is 2. The molecular formula is C31H34N2O6. The summed E-state index contributed by atoms with van der Waals surface area (Å²) in [4.78, 5) is 23.6. The third kappa shape index (κ3) is 9.10. The topological polar surface area (TPSA) is 95.8 Å². The van der Waals surface area contributed by atoms with Crippen molar-refractivity contribution in [2.45, 2.75) is 33.1 Å². The molecule has 0 aromatic heterocycles. The van der Waals surface area contributed by atoms with E-state index in [0.717, 1.165) is 17.0 Å². The van der Waals surface area contributed by atoms with Crippen molar-refractivity contribution in [2.75, 3.05) is 20.3 Å². The third-order valence-electron chi connectivity index (χ3n) is 5.84. The van der Waals surface area contributed by atoms with Crippen LogP contribution in [0.5, 0.6) is 17.2 Å². The number of carbonyl (C=O) groups is 2. The van der Waals surface area contributed by atoms with Crippen LogP contribution < -0.4 is 14.2 Å². The number of azo groups is 1. The van der Waals surface area contributed by atoms with Crippen molar-refractivity contribution in [2.24, 2.45) is 16.1 Å². The van der Waals surface area contributed by atoms with Crippen molar-refractivity contribution >= 4 is 23.3 Å². The summed E-state index contributed by atoms with van der Waals surface area (Å²) < 4.78 is 21.8. The van der Waals surface area contributed by atoms with Crippen LogP contribution in [0.15, 0.2) is 89.6 Å². The van der Waals surface area contributed by atoms with Crippen molar-refractivity contribution in [3.63, 3.8) is 0 Å². The van der Waals surface area contributed by atoms with Gasteiger partial charge >= 0.3 is 6.16 Å². The Morgan fingerprint density at radius 2 is 1.54 bits per heavy atom. The lowest BCUT2D eigenvalue weighted by Gasteiger charge is -2.16. The monoisotopic (exact) mass is 530 g/mol. The van der Waals surface area contributed by atoms with Gasteiger partial charge in [-0.2, -0.15) is 10.2 Å². The Morgan fingerprint density at radius 3 is 2.15 bits per heavy atom. The molecule has 1 unspecified atom stereocenters. The molecule has 0 saturated carbocycles. The lowest BCUT2D eigenvalue weighted by Crippen LogP contribution is -2.21. The fourth-order valence-electron chi connectivity index (χ4n) is 3.66. The Hall–Kier alpha value is -4.46. The molecule has 0 heterocycles. The van der Waals surface area contributed by atoms with Gasteiger partial charge in [0.15, 0.2) is 5.78 Å². The minimum atomic E-state index is -0.816. The van der Waals surface area contributed by atoms with Crippen molar-refractivity contribution < 1.29 is 28.5 Å². The van der Waals surface area contributed by atoms with Crippen LogP contribution in [0.4, 0.5) is 16.2 Å². The number of ketones is 1. The van der Waals surface area contributed by atoms with Gasteiger partial charge in [0.25, 0.3) is 0 Å². The molecule has 0 saturated heterocycles. The highest BCUT2D eigenvalue weighted by Crippen LogP contribution is 2.31. The number of Topliss-reactive ketones (excluding diaryl/α,β-unsaturated/α-hetero) is 1. The van der Waals surface area contributed by atoms with Crippen LogP contribution in [-0.4, -0.2) is 32.3 Å². The lowest BCUT2D eigenvalue weighted by molar-refractivity contribution is 0.0737. The van der Waals surface area contributed by atoms with Crippen LogP contribution in [0.1, 0.15) is 49.0 Å². The molecule has 204 valence electrons. The van der Waals surface area contributed by atoms with Gasteiger partial charge in [-0.15, -0.1) is 6.58 Å². The van der Waals surface area contributed by atoms with Gasteiger partial charge in [-0.3, -0.25) is 4.79 Å². The predicted octanol–water partition coefficient (Wildman–Crippen LogP) is 8.22. The maximum absolute atomic E-state index is 12.2. The second-order valence-corrected chi connectivity index (χ2v) is 9.22. The van der Waals surface area contributed by atoms with E-state index in [0.29, 0.717) is 35.8 Å². The number of methoxy groups -OCH3 is 1. The number of hydrogen-bond acceptors (Lipinski definition) is 8. The van der Waals surface area contributed by atoms with Gasteiger partial charge in [0, 0.05) is 11.5 Å². The molecule has 8 nitrogen and oxygen atoms in total. The molecule has 0 aliphatic rings. The maximum atomic E-state index is 12.2. The van der Waals surface area contributed by atoms with Gasteiger partial charge in [0.1, 0.15) is 23.9 Å². The fourth-order valence-corrected chi connectivity index (χ4v) is 3.66. The maximum Gasteiger partial charge on any atom is 0.513 e. The molecule has 3 rings (SSSR count). The van der Waals surface area contributed by atoms with Crippen LogP contribution in [-0.2, 0) is 4.74 Å². The summed E-state index contributed by atoms with van der Waals surface area (Å²) in [6, 6.07) is 19.2. The van der Waals surface area contributed by atoms with E-state index in [1.54, 1.807) is 61.7 Å². The second-order valence-electron chi connectivity index (χ2n) is 9.22. The summed E-state index contributed by atoms with van der Waals surface area (Å²) in [6.45, 7) is 9.86. The first-order valence-electron chi connectivity index (χ1n) is 12.7. The largest absolute Gasteiger partial charge is 0.513 e. The van der Waals surface area contributed by atoms with Gasteiger partial charge in [0.2, 0.25) is 0 Å². The number of benzene rings is 3. The SMILES string of the molecule is C=CCC(COC(=O)Oc1ccc(N=Nc2ccc(OC)c(C(C)C)c2)cc1)COc1ccc(C(C)=O)cc1. The fraction of sp³-hybridized carbons (Fsp3) is 0.290. The van der Waals surface area contributed by atoms with Crippen molar-refractivity contribution in [1.82, 2.24) is 0 Å². The van der Waals surface area contributed by atoms with E-state index >= 15 is 0 Å². The summed E-state index contributed by atoms with van der Waals surface area (Å²) in [5.74, 6) is 1.94. The minimum absolute atomic E-state index is 0.00853. The highest BCUT2D eigenvalue weighted by atomic mass is 16.7. The first-order chi connectivity index (χ1) is 18.8. The molecule has 3 aromatic carbocycles. The molecule has 0 spiro atoms. The summed E-state index contributed by atoms with van der Waals surface area (Å²) in [5.41, 5.74) is 3.00. The molecule has 0 aliphatic heterocycles. The van der Waals surface area contributed by atoms with Crippen LogP contribution in [0.25, 0.3) is 0 Å². The van der Waals surface area contributed by atoms with Crippen LogP contribution in [0.2, 0.25) is 0 Å². The standard InChI is InChI=1S/C31H34N2O6/c1-6-7-23(19-37-27-13-8-24(9-14-27)22(4)34)20-38-31(35)39-28-15-10-25(11-16-28)32-33-26-12-17-30(36-5)29(18-26)21(2)3/h6,8-18,21,23H,1,7,19-20H2,2-5H3. The lowest BCUT2D eigenvalue weighted by atomic mass is 10.0. The molecule has 0 amide bonds. The van der Waals surface area contributed by atoms with Gasteiger partial charge in [-0.05, 0) is 91.6 Å². The molecule has 1 atom stereocenters. The van der Waals surface area contributed by atoms with Crippen molar-refractivity contribution in [3.8, 4) is 17.2 Å². The minimum Gasteiger partial charge on any atom is -0.496 e. The molecule has 0 fully saturated rings. The zero-order chi connectivity index (χ0) is 28.2. The average molecular weight is 531 g/mol. The molecule has 0 aliphatic carbocycles.